The zero-order valence-corrected chi connectivity index (χ0v) is 14.0. The molecule has 1 N–H and O–H groups in total. The summed E-state index contributed by atoms with van der Waals surface area (Å²) in [5.41, 5.74) is 2.03. The molecular weight excluding hydrogens is 326 g/mol. The number of halogens is 1. The molecule has 0 spiro atoms. The second kappa shape index (κ2) is 6.72. The van der Waals surface area contributed by atoms with Crippen LogP contribution in [0.4, 0.5) is 11.4 Å². The summed E-state index contributed by atoms with van der Waals surface area (Å²) in [4.78, 5) is 22.6. The number of aromatic nitrogens is 3. The van der Waals surface area contributed by atoms with E-state index in [0.717, 1.165) is 5.69 Å². The lowest BCUT2D eigenvalue weighted by Crippen LogP contribution is -2.13. The lowest BCUT2D eigenvalue weighted by Gasteiger charge is -2.15. The number of imidazole rings is 1. The number of amides is 1. The first-order valence-corrected chi connectivity index (χ1v) is 7.65. The monoisotopic (exact) mass is 341 g/mol. The van der Waals surface area contributed by atoms with Crippen molar-refractivity contribution < 1.29 is 4.79 Å². The Kier molecular flexibility index (Phi) is 4.48. The van der Waals surface area contributed by atoms with Crippen LogP contribution in [0.2, 0.25) is 5.02 Å². The van der Waals surface area contributed by atoms with Gasteiger partial charge in [0.05, 0.1) is 10.7 Å². The minimum Gasteiger partial charge on any atom is -0.376 e. The first-order valence-electron chi connectivity index (χ1n) is 7.27. The number of anilines is 2. The zero-order chi connectivity index (χ0) is 17.1. The van der Waals surface area contributed by atoms with E-state index in [0.29, 0.717) is 22.1 Å². The highest BCUT2D eigenvalue weighted by Crippen LogP contribution is 2.27. The number of carbonyl (C=O) groups excluding carboxylic acids is 1. The Morgan fingerprint density at radius 1 is 1.21 bits per heavy atom. The lowest BCUT2D eigenvalue weighted by atomic mass is 10.2. The summed E-state index contributed by atoms with van der Waals surface area (Å²) in [6.45, 7) is 0. The van der Waals surface area contributed by atoms with Gasteiger partial charge in [0, 0.05) is 43.9 Å². The Balaban J connectivity index is 1.80. The molecular formula is C17H16ClN5O. The van der Waals surface area contributed by atoms with Gasteiger partial charge in [-0.25, -0.2) is 9.97 Å². The molecule has 0 saturated heterocycles. The van der Waals surface area contributed by atoms with E-state index in [1.165, 1.54) is 0 Å². The first kappa shape index (κ1) is 16.0. The van der Waals surface area contributed by atoms with Gasteiger partial charge in [0.1, 0.15) is 12.1 Å². The van der Waals surface area contributed by atoms with Crippen LogP contribution in [-0.4, -0.2) is 34.5 Å². The SMILES string of the molecule is CN(C)c1ccc(NC(=O)c2ccnc(-n3ccnc3)c2)cc1Cl. The number of nitrogens with one attached hydrogen (secondary N) is 1. The van der Waals surface area contributed by atoms with Gasteiger partial charge in [-0.2, -0.15) is 0 Å². The number of pyridine rings is 1. The second-order valence-corrected chi connectivity index (χ2v) is 5.79. The number of rotatable bonds is 4. The van der Waals surface area contributed by atoms with Gasteiger partial charge >= 0.3 is 0 Å². The highest BCUT2D eigenvalue weighted by molar-refractivity contribution is 6.33. The van der Waals surface area contributed by atoms with Gasteiger partial charge in [0.25, 0.3) is 5.91 Å². The topological polar surface area (TPSA) is 63.1 Å². The van der Waals surface area contributed by atoms with Crippen LogP contribution in [0.15, 0.2) is 55.2 Å². The van der Waals surface area contributed by atoms with Crippen molar-refractivity contribution in [3.63, 3.8) is 0 Å². The van der Waals surface area contributed by atoms with Gasteiger partial charge in [-0.1, -0.05) is 11.6 Å². The molecule has 0 bridgehead atoms. The van der Waals surface area contributed by atoms with E-state index in [9.17, 15) is 4.79 Å². The van der Waals surface area contributed by atoms with E-state index in [-0.39, 0.29) is 5.91 Å². The van der Waals surface area contributed by atoms with E-state index >= 15 is 0 Å². The van der Waals surface area contributed by atoms with E-state index in [4.69, 9.17) is 11.6 Å². The number of carbonyl (C=O) groups is 1. The maximum absolute atomic E-state index is 12.4. The maximum atomic E-state index is 12.4. The molecule has 2 aromatic heterocycles. The van der Waals surface area contributed by atoms with Crippen molar-refractivity contribution in [2.45, 2.75) is 0 Å². The van der Waals surface area contributed by atoms with Gasteiger partial charge in [-0.15, -0.1) is 0 Å². The largest absolute Gasteiger partial charge is 0.376 e. The summed E-state index contributed by atoms with van der Waals surface area (Å²) >= 11 is 6.23. The molecule has 3 rings (SSSR count). The average Bonchev–Trinajstić information content (AvgIpc) is 3.09. The summed E-state index contributed by atoms with van der Waals surface area (Å²) in [7, 11) is 3.82. The smallest absolute Gasteiger partial charge is 0.255 e. The Morgan fingerprint density at radius 3 is 2.71 bits per heavy atom. The van der Waals surface area contributed by atoms with Crippen LogP contribution in [0.5, 0.6) is 0 Å². The molecule has 7 heteroatoms. The molecule has 3 aromatic rings. The molecule has 0 unspecified atom stereocenters. The molecule has 0 aliphatic rings. The van der Waals surface area contributed by atoms with Gasteiger partial charge in [0.15, 0.2) is 0 Å². The molecule has 1 aromatic carbocycles. The Labute approximate surface area is 144 Å². The van der Waals surface area contributed by atoms with E-state index in [1.807, 2.05) is 31.1 Å². The third kappa shape index (κ3) is 3.38. The fraction of sp³-hybridized carbons (Fsp3) is 0.118. The van der Waals surface area contributed by atoms with Crippen molar-refractivity contribution in [3.05, 3.63) is 65.8 Å². The molecule has 1 amide bonds. The fourth-order valence-corrected chi connectivity index (χ4v) is 2.60. The Morgan fingerprint density at radius 2 is 2.04 bits per heavy atom. The number of hydrogen-bond acceptors (Lipinski definition) is 4. The molecule has 0 radical (unpaired) electrons. The normalized spacial score (nSPS) is 10.5. The van der Waals surface area contributed by atoms with Crippen molar-refractivity contribution in [2.75, 3.05) is 24.3 Å². The minimum absolute atomic E-state index is 0.229. The third-order valence-corrected chi connectivity index (χ3v) is 3.77. The summed E-state index contributed by atoms with van der Waals surface area (Å²) < 4.78 is 1.74. The van der Waals surface area contributed by atoms with Crippen molar-refractivity contribution in [3.8, 4) is 5.82 Å². The molecule has 0 aliphatic carbocycles. The lowest BCUT2D eigenvalue weighted by molar-refractivity contribution is 0.102. The summed E-state index contributed by atoms with van der Waals surface area (Å²) in [6.07, 6.45) is 6.64. The molecule has 0 saturated carbocycles. The maximum Gasteiger partial charge on any atom is 0.255 e. The van der Waals surface area contributed by atoms with Crippen LogP contribution < -0.4 is 10.2 Å². The van der Waals surface area contributed by atoms with Crippen LogP contribution in [-0.2, 0) is 0 Å². The molecule has 6 nitrogen and oxygen atoms in total. The number of nitrogens with zero attached hydrogens (tertiary/aromatic N) is 4. The number of benzene rings is 1. The molecule has 0 fully saturated rings. The minimum atomic E-state index is -0.229. The summed E-state index contributed by atoms with van der Waals surface area (Å²) in [5, 5.41) is 3.42. The standard InChI is InChI=1S/C17H16ClN5O/c1-22(2)15-4-3-13(10-14(15)18)21-17(24)12-5-6-20-16(9-12)23-8-7-19-11-23/h3-11H,1-2H3,(H,21,24). The number of hydrogen-bond donors (Lipinski definition) is 1. The predicted octanol–water partition coefficient (Wildman–Crippen LogP) is 3.24. The van der Waals surface area contributed by atoms with Crippen LogP contribution in [0.25, 0.3) is 5.82 Å². The van der Waals surface area contributed by atoms with Crippen LogP contribution in [0.3, 0.4) is 0 Å². The van der Waals surface area contributed by atoms with Crippen LogP contribution >= 0.6 is 11.6 Å². The average molecular weight is 342 g/mol. The highest BCUT2D eigenvalue weighted by atomic mass is 35.5. The van der Waals surface area contributed by atoms with E-state index < -0.39 is 0 Å². The quantitative estimate of drug-likeness (QED) is 0.791. The van der Waals surface area contributed by atoms with Gasteiger partial charge < -0.3 is 10.2 Å². The van der Waals surface area contributed by atoms with Crippen molar-refractivity contribution in [1.29, 1.82) is 0 Å². The van der Waals surface area contributed by atoms with Gasteiger partial charge in [-0.3, -0.25) is 9.36 Å². The molecule has 24 heavy (non-hydrogen) atoms. The van der Waals surface area contributed by atoms with Gasteiger partial charge in [0.2, 0.25) is 0 Å². The zero-order valence-electron chi connectivity index (χ0n) is 13.3. The first-order chi connectivity index (χ1) is 11.5. The Hall–Kier alpha value is -2.86. The Bertz CT molecular complexity index is 861. The summed E-state index contributed by atoms with van der Waals surface area (Å²) in [6, 6.07) is 8.77. The highest BCUT2D eigenvalue weighted by Gasteiger charge is 2.10. The molecule has 0 aliphatic heterocycles. The van der Waals surface area contributed by atoms with Crippen molar-refractivity contribution >= 4 is 28.9 Å². The van der Waals surface area contributed by atoms with Crippen molar-refractivity contribution in [2.24, 2.45) is 0 Å². The second-order valence-electron chi connectivity index (χ2n) is 5.39. The van der Waals surface area contributed by atoms with E-state index in [1.54, 1.807) is 47.7 Å². The van der Waals surface area contributed by atoms with Crippen LogP contribution in [0.1, 0.15) is 10.4 Å². The molecule has 0 atom stereocenters. The molecule has 122 valence electrons. The third-order valence-electron chi connectivity index (χ3n) is 3.46. The van der Waals surface area contributed by atoms with Gasteiger partial charge in [-0.05, 0) is 30.3 Å². The van der Waals surface area contributed by atoms with Crippen LogP contribution in [0, 0.1) is 0 Å². The predicted molar refractivity (Wildman–Crippen MR) is 95.1 cm³/mol. The van der Waals surface area contributed by atoms with Crippen molar-refractivity contribution in [1.82, 2.24) is 14.5 Å². The van der Waals surface area contributed by atoms with E-state index in [2.05, 4.69) is 15.3 Å². The fourth-order valence-electron chi connectivity index (χ4n) is 2.25. The summed E-state index contributed by atoms with van der Waals surface area (Å²) in [5.74, 6) is 0.397. The molecule has 2 heterocycles.